The van der Waals surface area contributed by atoms with Crippen LogP contribution in [0.3, 0.4) is 0 Å². The van der Waals surface area contributed by atoms with Crippen molar-refractivity contribution in [3.63, 3.8) is 0 Å². The molecule has 3 unspecified atom stereocenters. The standard InChI is InChI=1S/C14H26N2/c1-4-7-13(6-3)16-14(11-15)9-8-12(5-2)10-14/h3,12-13,16H,4-5,7-11,15H2,1-2H3. The molecule has 0 bridgehead atoms. The molecule has 1 rings (SSSR count). The van der Waals surface area contributed by atoms with Crippen LogP contribution in [0.4, 0.5) is 0 Å². The van der Waals surface area contributed by atoms with E-state index in [2.05, 4.69) is 25.1 Å². The van der Waals surface area contributed by atoms with Gasteiger partial charge in [-0.25, -0.2) is 0 Å². The molecule has 2 heteroatoms. The van der Waals surface area contributed by atoms with Gasteiger partial charge in [0.15, 0.2) is 0 Å². The highest BCUT2D eigenvalue weighted by Gasteiger charge is 2.38. The zero-order chi connectivity index (χ0) is 12.0. The zero-order valence-electron chi connectivity index (χ0n) is 10.8. The first-order valence-electron chi connectivity index (χ1n) is 6.63. The summed E-state index contributed by atoms with van der Waals surface area (Å²) in [5.74, 6) is 3.68. The number of nitrogens with two attached hydrogens (primary N) is 1. The van der Waals surface area contributed by atoms with Crippen LogP contribution < -0.4 is 11.1 Å². The van der Waals surface area contributed by atoms with Crippen molar-refractivity contribution >= 4 is 0 Å². The van der Waals surface area contributed by atoms with Gasteiger partial charge in [0.25, 0.3) is 0 Å². The number of hydrogen-bond acceptors (Lipinski definition) is 2. The maximum atomic E-state index is 5.95. The van der Waals surface area contributed by atoms with Crippen molar-refractivity contribution < 1.29 is 0 Å². The number of hydrogen-bond donors (Lipinski definition) is 2. The van der Waals surface area contributed by atoms with Crippen LogP contribution in [0.25, 0.3) is 0 Å². The first kappa shape index (κ1) is 13.5. The van der Waals surface area contributed by atoms with Gasteiger partial charge >= 0.3 is 0 Å². The highest BCUT2D eigenvalue weighted by molar-refractivity contribution is 5.06. The molecule has 0 heterocycles. The Kier molecular flexibility index (Phi) is 5.31. The summed E-state index contributed by atoms with van der Waals surface area (Å²) in [6, 6.07) is 0.198. The minimum absolute atomic E-state index is 0.118. The smallest absolute Gasteiger partial charge is 0.0691 e. The molecular weight excluding hydrogens is 196 g/mol. The highest BCUT2D eigenvalue weighted by atomic mass is 15.0. The lowest BCUT2D eigenvalue weighted by molar-refractivity contribution is 0.302. The summed E-state index contributed by atoms with van der Waals surface area (Å²) in [5.41, 5.74) is 6.07. The molecule has 0 saturated heterocycles. The third-order valence-corrected chi connectivity index (χ3v) is 3.94. The highest BCUT2D eigenvalue weighted by Crippen LogP contribution is 2.36. The van der Waals surface area contributed by atoms with Gasteiger partial charge in [0, 0.05) is 12.1 Å². The lowest BCUT2D eigenvalue weighted by Gasteiger charge is -2.32. The second kappa shape index (κ2) is 6.27. The summed E-state index contributed by atoms with van der Waals surface area (Å²) in [7, 11) is 0. The summed E-state index contributed by atoms with van der Waals surface area (Å²) in [5, 5.41) is 3.63. The van der Waals surface area contributed by atoms with E-state index < -0.39 is 0 Å². The topological polar surface area (TPSA) is 38.0 Å². The van der Waals surface area contributed by atoms with Gasteiger partial charge in [-0.2, -0.15) is 0 Å². The molecular formula is C14H26N2. The van der Waals surface area contributed by atoms with Crippen LogP contribution in [-0.4, -0.2) is 18.1 Å². The summed E-state index contributed by atoms with van der Waals surface area (Å²) >= 11 is 0. The van der Waals surface area contributed by atoms with Crippen molar-refractivity contribution in [2.24, 2.45) is 11.7 Å². The van der Waals surface area contributed by atoms with Crippen LogP contribution in [0, 0.1) is 18.3 Å². The van der Waals surface area contributed by atoms with E-state index >= 15 is 0 Å². The molecule has 0 amide bonds. The molecule has 0 aromatic rings. The van der Waals surface area contributed by atoms with Crippen LogP contribution in [0.1, 0.15) is 52.4 Å². The molecule has 1 saturated carbocycles. The van der Waals surface area contributed by atoms with Gasteiger partial charge in [0.2, 0.25) is 0 Å². The molecule has 0 radical (unpaired) electrons. The molecule has 0 aromatic heterocycles. The molecule has 0 aromatic carbocycles. The maximum Gasteiger partial charge on any atom is 0.0691 e. The van der Waals surface area contributed by atoms with E-state index in [0.29, 0.717) is 6.54 Å². The van der Waals surface area contributed by atoms with E-state index in [0.717, 1.165) is 18.8 Å². The molecule has 2 nitrogen and oxygen atoms in total. The van der Waals surface area contributed by atoms with Gasteiger partial charge in [-0.15, -0.1) is 6.42 Å². The Morgan fingerprint density at radius 3 is 2.75 bits per heavy atom. The Balaban J connectivity index is 2.57. The molecule has 0 aliphatic heterocycles. The van der Waals surface area contributed by atoms with E-state index in [1.54, 1.807) is 0 Å². The lowest BCUT2D eigenvalue weighted by atomic mass is 9.93. The normalized spacial score (nSPS) is 31.2. The van der Waals surface area contributed by atoms with Gasteiger partial charge in [-0.1, -0.05) is 32.6 Å². The number of nitrogens with one attached hydrogen (secondary N) is 1. The average Bonchev–Trinajstić information content (AvgIpc) is 2.73. The monoisotopic (exact) mass is 222 g/mol. The van der Waals surface area contributed by atoms with Gasteiger partial charge < -0.3 is 5.73 Å². The minimum Gasteiger partial charge on any atom is -0.329 e. The molecule has 1 fully saturated rings. The predicted molar refractivity (Wildman–Crippen MR) is 70.1 cm³/mol. The van der Waals surface area contributed by atoms with E-state index in [-0.39, 0.29) is 11.6 Å². The molecule has 92 valence electrons. The Hall–Kier alpha value is -0.520. The van der Waals surface area contributed by atoms with Gasteiger partial charge in [-0.05, 0) is 31.6 Å². The second-order valence-electron chi connectivity index (χ2n) is 5.15. The second-order valence-corrected chi connectivity index (χ2v) is 5.15. The van der Waals surface area contributed by atoms with Crippen molar-refractivity contribution in [2.75, 3.05) is 6.54 Å². The van der Waals surface area contributed by atoms with E-state index in [9.17, 15) is 0 Å². The Morgan fingerprint density at radius 2 is 2.31 bits per heavy atom. The van der Waals surface area contributed by atoms with Crippen LogP contribution in [0.5, 0.6) is 0 Å². The average molecular weight is 222 g/mol. The first-order valence-corrected chi connectivity index (χ1v) is 6.63. The summed E-state index contributed by atoms with van der Waals surface area (Å²) in [6.07, 6.45) is 12.7. The van der Waals surface area contributed by atoms with Crippen molar-refractivity contribution in [1.29, 1.82) is 0 Å². The van der Waals surface area contributed by atoms with Gasteiger partial charge in [0.05, 0.1) is 6.04 Å². The largest absolute Gasteiger partial charge is 0.329 e. The Bertz CT molecular complexity index is 244. The maximum absolute atomic E-state index is 5.95. The van der Waals surface area contributed by atoms with Crippen LogP contribution in [-0.2, 0) is 0 Å². The van der Waals surface area contributed by atoms with Crippen LogP contribution in [0.2, 0.25) is 0 Å². The Morgan fingerprint density at radius 1 is 1.56 bits per heavy atom. The summed E-state index contributed by atoms with van der Waals surface area (Å²) < 4.78 is 0. The molecule has 3 N–H and O–H groups in total. The predicted octanol–water partition coefficient (Wildman–Crippen LogP) is 2.29. The molecule has 1 aliphatic rings. The molecule has 1 aliphatic carbocycles. The van der Waals surface area contributed by atoms with Crippen LogP contribution in [0.15, 0.2) is 0 Å². The Labute approximate surface area is 100 Å². The van der Waals surface area contributed by atoms with Crippen molar-refractivity contribution in [3.8, 4) is 12.3 Å². The summed E-state index contributed by atoms with van der Waals surface area (Å²) in [4.78, 5) is 0. The molecule has 3 atom stereocenters. The van der Waals surface area contributed by atoms with Crippen LogP contribution >= 0.6 is 0 Å². The SMILES string of the molecule is C#CC(CCC)NC1(CN)CCC(CC)C1. The van der Waals surface area contributed by atoms with Crippen molar-refractivity contribution in [1.82, 2.24) is 5.32 Å². The van der Waals surface area contributed by atoms with E-state index in [4.69, 9.17) is 12.2 Å². The number of terminal acetylenes is 1. The van der Waals surface area contributed by atoms with Gasteiger partial charge in [-0.3, -0.25) is 5.32 Å². The zero-order valence-corrected chi connectivity index (χ0v) is 10.8. The van der Waals surface area contributed by atoms with Gasteiger partial charge in [0.1, 0.15) is 0 Å². The number of rotatable bonds is 6. The molecule has 0 spiro atoms. The fourth-order valence-electron chi connectivity index (χ4n) is 2.82. The van der Waals surface area contributed by atoms with E-state index in [1.807, 2.05) is 0 Å². The first-order chi connectivity index (χ1) is 7.69. The lowest BCUT2D eigenvalue weighted by Crippen LogP contribution is -2.53. The fraction of sp³-hybridized carbons (Fsp3) is 0.857. The minimum atomic E-state index is 0.118. The summed E-state index contributed by atoms with van der Waals surface area (Å²) in [6.45, 7) is 5.15. The quantitative estimate of drug-likeness (QED) is 0.677. The fourth-order valence-corrected chi connectivity index (χ4v) is 2.82. The van der Waals surface area contributed by atoms with Crippen molar-refractivity contribution in [3.05, 3.63) is 0 Å². The third kappa shape index (κ3) is 3.23. The van der Waals surface area contributed by atoms with E-state index in [1.165, 1.54) is 25.7 Å². The van der Waals surface area contributed by atoms with Crippen molar-refractivity contribution in [2.45, 2.75) is 64.0 Å². The third-order valence-electron chi connectivity index (χ3n) is 3.94. The molecule has 16 heavy (non-hydrogen) atoms.